The lowest BCUT2D eigenvalue weighted by atomic mass is 10.2. The van der Waals surface area contributed by atoms with Crippen LogP contribution in [0.1, 0.15) is 10.4 Å². The van der Waals surface area contributed by atoms with E-state index in [4.69, 9.17) is 34.8 Å². The molecule has 19 heavy (non-hydrogen) atoms. The number of hydrogen-bond donors (Lipinski definition) is 1. The second kappa shape index (κ2) is 6.14. The summed E-state index contributed by atoms with van der Waals surface area (Å²) >= 11 is 20.9. The van der Waals surface area contributed by atoms with Gasteiger partial charge in [0.1, 0.15) is 0 Å². The summed E-state index contributed by atoms with van der Waals surface area (Å²) in [6.45, 7) is 0. The molecule has 1 N–H and O–H groups in total. The Balaban J connectivity index is 2.26. The van der Waals surface area contributed by atoms with Crippen LogP contribution >= 0.6 is 50.7 Å². The maximum absolute atomic E-state index is 12.1. The highest BCUT2D eigenvalue weighted by Gasteiger charge is 2.11. The van der Waals surface area contributed by atoms with E-state index in [1.54, 1.807) is 30.3 Å². The highest BCUT2D eigenvalue weighted by atomic mass is 79.9. The molecule has 0 aliphatic rings. The number of halogens is 4. The van der Waals surface area contributed by atoms with Crippen LogP contribution in [0.5, 0.6) is 0 Å². The first-order valence-corrected chi connectivity index (χ1v) is 7.12. The quantitative estimate of drug-likeness (QED) is 0.716. The fourth-order valence-corrected chi connectivity index (χ4v) is 2.27. The Morgan fingerprint density at radius 1 is 1.00 bits per heavy atom. The number of carbonyl (C=O) groups is 1. The average Bonchev–Trinajstić information content (AvgIpc) is 2.38. The minimum Gasteiger partial charge on any atom is -0.321 e. The van der Waals surface area contributed by atoms with Crippen molar-refractivity contribution in [1.82, 2.24) is 0 Å². The fourth-order valence-electron chi connectivity index (χ4n) is 1.43. The van der Waals surface area contributed by atoms with Crippen LogP contribution in [0.3, 0.4) is 0 Å². The average molecular weight is 379 g/mol. The molecule has 2 nitrogen and oxygen atoms in total. The minimum atomic E-state index is -0.290. The molecule has 98 valence electrons. The van der Waals surface area contributed by atoms with Crippen molar-refractivity contribution in [3.05, 3.63) is 61.5 Å². The Bertz CT molecular complexity index is 646. The number of amides is 1. The third-order valence-corrected chi connectivity index (χ3v) is 4.52. The monoisotopic (exact) mass is 377 g/mol. The van der Waals surface area contributed by atoms with E-state index in [0.717, 1.165) is 0 Å². The molecule has 6 heteroatoms. The number of benzene rings is 2. The molecule has 0 aliphatic heterocycles. The van der Waals surface area contributed by atoms with Crippen molar-refractivity contribution in [2.24, 2.45) is 0 Å². The number of carbonyl (C=O) groups excluding carboxylic acids is 1. The van der Waals surface area contributed by atoms with E-state index < -0.39 is 0 Å². The van der Waals surface area contributed by atoms with Crippen LogP contribution in [-0.2, 0) is 0 Å². The first kappa shape index (κ1) is 14.7. The normalized spacial score (nSPS) is 10.3. The van der Waals surface area contributed by atoms with Crippen molar-refractivity contribution in [2.45, 2.75) is 0 Å². The number of rotatable bonds is 2. The zero-order chi connectivity index (χ0) is 14.0. The molecule has 2 aromatic rings. The molecular formula is C13H7BrCl3NO. The molecule has 1 amide bonds. The predicted octanol–water partition coefficient (Wildman–Crippen LogP) is 5.66. The van der Waals surface area contributed by atoms with Crippen LogP contribution in [0.4, 0.5) is 5.69 Å². The van der Waals surface area contributed by atoms with Crippen LogP contribution in [0, 0.1) is 0 Å². The topological polar surface area (TPSA) is 29.1 Å². The summed E-state index contributed by atoms with van der Waals surface area (Å²) < 4.78 is 0.630. The Kier molecular flexibility index (Phi) is 4.74. The van der Waals surface area contributed by atoms with Gasteiger partial charge in [-0.05, 0) is 46.3 Å². The molecule has 0 radical (unpaired) electrons. The Morgan fingerprint density at radius 2 is 1.74 bits per heavy atom. The molecule has 0 bridgehead atoms. The molecular weight excluding hydrogens is 372 g/mol. The lowest BCUT2D eigenvalue weighted by molar-refractivity contribution is 0.102. The zero-order valence-electron chi connectivity index (χ0n) is 9.38. The molecule has 0 aliphatic carbocycles. The van der Waals surface area contributed by atoms with Crippen LogP contribution < -0.4 is 5.32 Å². The van der Waals surface area contributed by atoms with Crippen LogP contribution in [0.15, 0.2) is 40.9 Å². The first-order valence-electron chi connectivity index (χ1n) is 5.19. The van der Waals surface area contributed by atoms with E-state index in [1.165, 1.54) is 6.07 Å². The second-order valence-electron chi connectivity index (χ2n) is 3.68. The van der Waals surface area contributed by atoms with Crippen molar-refractivity contribution < 1.29 is 4.79 Å². The van der Waals surface area contributed by atoms with Crippen LogP contribution in [0.25, 0.3) is 0 Å². The fraction of sp³-hybridized carbons (Fsp3) is 0. The molecule has 0 heterocycles. The van der Waals surface area contributed by atoms with E-state index in [0.29, 0.717) is 30.8 Å². The summed E-state index contributed by atoms with van der Waals surface area (Å²) in [6.07, 6.45) is 0. The third-order valence-electron chi connectivity index (χ3n) is 2.38. The van der Waals surface area contributed by atoms with E-state index in [-0.39, 0.29) is 5.91 Å². The molecule has 0 atom stereocenters. The molecule has 0 saturated carbocycles. The largest absolute Gasteiger partial charge is 0.321 e. The first-order chi connectivity index (χ1) is 8.99. The number of nitrogens with one attached hydrogen (secondary N) is 1. The standard InChI is InChI=1S/C13H7BrCl3NO/c14-12-9(16)2-1-3-11(12)18-13(19)7-4-5-8(15)10(17)6-7/h1-6H,(H,18,19). The molecule has 0 saturated heterocycles. The van der Waals surface area contributed by atoms with Crippen molar-refractivity contribution in [2.75, 3.05) is 5.32 Å². The summed E-state index contributed by atoms with van der Waals surface area (Å²) in [7, 11) is 0. The summed E-state index contributed by atoms with van der Waals surface area (Å²) in [6, 6.07) is 9.90. The Morgan fingerprint density at radius 3 is 2.42 bits per heavy atom. The van der Waals surface area contributed by atoms with E-state index in [9.17, 15) is 4.79 Å². The van der Waals surface area contributed by atoms with Crippen LogP contribution in [0.2, 0.25) is 15.1 Å². The van der Waals surface area contributed by atoms with Gasteiger partial charge in [-0.3, -0.25) is 4.79 Å². The van der Waals surface area contributed by atoms with Crippen molar-refractivity contribution in [3.8, 4) is 0 Å². The maximum Gasteiger partial charge on any atom is 0.255 e. The summed E-state index contributed by atoms with van der Waals surface area (Å²) in [5.41, 5.74) is 1.00. The molecule has 0 fully saturated rings. The van der Waals surface area contributed by atoms with Crippen molar-refractivity contribution in [3.63, 3.8) is 0 Å². The zero-order valence-corrected chi connectivity index (χ0v) is 13.2. The molecule has 0 aromatic heterocycles. The van der Waals surface area contributed by atoms with Gasteiger partial charge in [-0.25, -0.2) is 0 Å². The van der Waals surface area contributed by atoms with Gasteiger partial charge in [0.2, 0.25) is 0 Å². The second-order valence-corrected chi connectivity index (χ2v) is 5.70. The maximum atomic E-state index is 12.1. The number of anilines is 1. The lowest BCUT2D eigenvalue weighted by Gasteiger charge is -2.09. The molecule has 2 rings (SSSR count). The van der Waals surface area contributed by atoms with Gasteiger partial charge in [-0.15, -0.1) is 0 Å². The van der Waals surface area contributed by atoms with E-state index in [2.05, 4.69) is 21.2 Å². The van der Waals surface area contributed by atoms with Crippen molar-refractivity contribution >= 4 is 62.3 Å². The van der Waals surface area contributed by atoms with Gasteiger partial charge in [0.15, 0.2) is 0 Å². The van der Waals surface area contributed by atoms with E-state index >= 15 is 0 Å². The lowest BCUT2D eigenvalue weighted by Crippen LogP contribution is -2.12. The molecule has 0 unspecified atom stereocenters. The summed E-state index contributed by atoms with van der Waals surface area (Å²) in [5, 5.41) is 4.00. The molecule has 0 spiro atoms. The van der Waals surface area contributed by atoms with Gasteiger partial charge in [0.25, 0.3) is 5.91 Å². The van der Waals surface area contributed by atoms with Gasteiger partial charge < -0.3 is 5.32 Å². The van der Waals surface area contributed by atoms with Gasteiger partial charge in [0, 0.05) is 5.56 Å². The highest BCUT2D eigenvalue weighted by Crippen LogP contribution is 2.30. The van der Waals surface area contributed by atoms with Gasteiger partial charge in [-0.1, -0.05) is 40.9 Å². The minimum absolute atomic E-state index is 0.290. The smallest absolute Gasteiger partial charge is 0.255 e. The van der Waals surface area contributed by atoms with E-state index in [1.807, 2.05) is 0 Å². The predicted molar refractivity (Wildman–Crippen MR) is 83.6 cm³/mol. The SMILES string of the molecule is O=C(Nc1cccc(Cl)c1Br)c1ccc(Cl)c(Cl)c1. The Labute approximate surface area is 133 Å². The molecule has 2 aromatic carbocycles. The van der Waals surface area contributed by atoms with Gasteiger partial charge >= 0.3 is 0 Å². The summed E-state index contributed by atoms with van der Waals surface area (Å²) in [4.78, 5) is 12.1. The van der Waals surface area contributed by atoms with Crippen LogP contribution in [-0.4, -0.2) is 5.91 Å². The highest BCUT2D eigenvalue weighted by molar-refractivity contribution is 9.10. The van der Waals surface area contributed by atoms with Gasteiger partial charge in [0.05, 0.1) is 25.2 Å². The number of hydrogen-bond acceptors (Lipinski definition) is 1. The summed E-state index contributed by atoms with van der Waals surface area (Å²) in [5.74, 6) is -0.290. The Hall–Kier alpha value is -0.740. The third kappa shape index (κ3) is 3.42. The van der Waals surface area contributed by atoms with Gasteiger partial charge in [-0.2, -0.15) is 0 Å². The van der Waals surface area contributed by atoms with Crippen molar-refractivity contribution in [1.29, 1.82) is 0 Å².